The number of hydrogen-bond acceptors (Lipinski definition) is 4. The molecule has 9 atom stereocenters. The van der Waals surface area contributed by atoms with Gasteiger partial charge in [-0.15, -0.1) is 0 Å². The lowest BCUT2D eigenvalue weighted by Crippen LogP contribution is -2.57. The Bertz CT molecular complexity index is 1000. The third-order valence-electron chi connectivity index (χ3n) is 10.6. The number of fused-ring (bicyclic) bond motifs is 7. The summed E-state index contributed by atoms with van der Waals surface area (Å²) >= 11 is 0. The fourth-order valence-corrected chi connectivity index (χ4v) is 8.57. The number of hydrogen-bond donors (Lipinski definition) is 0. The second-order valence-electron chi connectivity index (χ2n) is 11.8. The van der Waals surface area contributed by atoms with Gasteiger partial charge in [0, 0.05) is 12.3 Å². The Morgan fingerprint density at radius 3 is 2.62 bits per heavy atom. The van der Waals surface area contributed by atoms with Crippen molar-refractivity contribution in [3.8, 4) is 0 Å². The lowest BCUT2D eigenvalue weighted by Gasteiger charge is -2.57. The van der Waals surface area contributed by atoms with Crippen LogP contribution in [0.4, 0.5) is 0 Å². The van der Waals surface area contributed by atoms with Crippen LogP contribution in [0.2, 0.25) is 0 Å². The van der Waals surface area contributed by atoms with E-state index < -0.39 is 5.60 Å². The van der Waals surface area contributed by atoms with Gasteiger partial charge in [0.15, 0.2) is 5.78 Å². The standard InChI is InChI=1S/C28H34O4/c1-16-25(30)32-23-14-27(16,3)31-15-19(23)21-11-10-20-18-9-8-17-6-5-7-24(29)28(17,4)22(18)12-13-26(20,21)2/h5-9,18-23H,1,10-15H2,2-4H3/t18-,19-,20-,21+,22-,23+,26-,27+,28-/m0/s1. The van der Waals surface area contributed by atoms with Gasteiger partial charge in [0.25, 0.3) is 0 Å². The van der Waals surface area contributed by atoms with E-state index in [0.29, 0.717) is 35.9 Å². The maximum atomic E-state index is 13.1. The van der Waals surface area contributed by atoms with Gasteiger partial charge < -0.3 is 9.47 Å². The van der Waals surface area contributed by atoms with Crippen LogP contribution in [0.15, 0.2) is 48.1 Å². The van der Waals surface area contributed by atoms with Crippen LogP contribution >= 0.6 is 0 Å². The summed E-state index contributed by atoms with van der Waals surface area (Å²) in [5.74, 6) is 2.05. The fraction of sp³-hybridized carbons (Fsp3) is 0.643. The van der Waals surface area contributed by atoms with E-state index in [1.54, 1.807) is 6.08 Å². The predicted octanol–water partition coefficient (Wildman–Crippen LogP) is 4.96. The van der Waals surface area contributed by atoms with Crippen LogP contribution < -0.4 is 0 Å². The third kappa shape index (κ3) is 2.48. The van der Waals surface area contributed by atoms with Gasteiger partial charge in [0.05, 0.1) is 17.6 Å². The zero-order chi connectivity index (χ0) is 22.5. The van der Waals surface area contributed by atoms with Crippen molar-refractivity contribution < 1.29 is 19.1 Å². The van der Waals surface area contributed by atoms with Crippen molar-refractivity contribution >= 4 is 11.8 Å². The first-order valence-electron chi connectivity index (χ1n) is 12.3. The summed E-state index contributed by atoms with van der Waals surface area (Å²) in [6, 6.07) is 0. The summed E-state index contributed by atoms with van der Waals surface area (Å²) in [6.07, 6.45) is 15.6. The van der Waals surface area contributed by atoms with Gasteiger partial charge in [-0.05, 0) is 80.3 Å². The number of carbonyl (C=O) groups is 2. The van der Waals surface area contributed by atoms with Crippen molar-refractivity contribution in [3.05, 3.63) is 48.1 Å². The second kappa shape index (κ2) is 6.56. The number of allylic oxidation sites excluding steroid dienone is 6. The van der Waals surface area contributed by atoms with Crippen molar-refractivity contribution in [2.24, 2.45) is 40.4 Å². The topological polar surface area (TPSA) is 52.6 Å². The van der Waals surface area contributed by atoms with Crippen molar-refractivity contribution in [1.82, 2.24) is 0 Å². The third-order valence-corrected chi connectivity index (χ3v) is 10.6. The van der Waals surface area contributed by atoms with Crippen LogP contribution in [-0.4, -0.2) is 30.1 Å². The minimum atomic E-state index is -0.578. The molecular formula is C28H34O4. The van der Waals surface area contributed by atoms with E-state index in [1.807, 2.05) is 13.0 Å². The molecule has 0 radical (unpaired) electrons. The molecule has 4 fully saturated rings. The summed E-state index contributed by atoms with van der Waals surface area (Å²) in [6.45, 7) is 11.2. The molecule has 0 spiro atoms. The maximum Gasteiger partial charge on any atom is 0.336 e. The molecule has 4 heteroatoms. The molecule has 0 N–H and O–H groups in total. The highest BCUT2D eigenvalue weighted by molar-refractivity contribution is 5.99. The molecule has 32 heavy (non-hydrogen) atoms. The summed E-state index contributed by atoms with van der Waals surface area (Å²) in [7, 11) is 0. The van der Waals surface area contributed by atoms with E-state index in [9.17, 15) is 9.59 Å². The second-order valence-corrected chi connectivity index (χ2v) is 11.8. The van der Waals surface area contributed by atoms with Crippen LogP contribution in [0.1, 0.15) is 52.9 Å². The highest BCUT2D eigenvalue weighted by Crippen LogP contribution is 2.66. The minimum absolute atomic E-state index is 0.0796. The smallest absolute Gasteiger partial charge is 0.336 e. The van der Waals surface area contributed by atoms with E-state index in [-0.39, 0.29) is 34.6 Å². The Hall–Kier alpha value is -1.94. The molecule has 0 amide bonds. The van der Waals surface area contributed by atoms with Crippen molar-refractivity contribution in [3.63, 3.8) is 0 Å². The monoisotopic (exact) mass is 434 g/mol. The molecule has 0 aromatic carbocycles. The normalized spacial score (nSPS) is 51.5. The Balaban J connectivity index is 1.30. The average Bonchev–Trinajstić information content (AvgIpc) is 3.10. The maximum absolute atomic E-state index is 13.1. The molecule has 2 saturated heterocycles. The van der Waals surface area contributed by atoms with E-state index in [0.717, 1.165) is 25.7 Å². The first-order valence-corrected chi connectivity index (χ1v) is 12.3. The molecule has 2 aliphatic heterocycles. The summed E-state index contributed by atoms with van der Waals surface area (Å²) in [5, 5.41) is 0. The average molecular weight is 435 g/mol. The van der Waals surface area contributed by atoms with Gasteiger partial charge in [-0.1, -0.05) is 37.8 Å². The quantitative estimate of drug-likeness (QED) is 0.432. The first-order chi connectivity index (χ1) is 15.2. The SMILES string of the molecule is C=C1C(=O)O[C@@H]2C[C@@]1(C)OC[C@H]2[C@H]1CC[C@H]2[C@@H]3C=CC4=CC=CC(=O)[C@]4(C)[C@H]3CC[C@]12C. The number of ether oxygens (including phenoxy) is 2. The molecule has 0 aromatic rings. The molecule has 0 unspecified atom stereocenters. The summed E-state index contributed by atoms with van der Waals surface area (Å²) in [4.78, 5) is 25.5. The van der Waals surface area contributed by atoms with Crippen LogP contribution in [0.5, 0.6) is 0 Å². The first kappa shape index (κ1) is 20.7. The molecular weight excluding hydrogens is 400 g/mol. The van der Waals surface area contributed by atoms with Crippen molar-refractivity contribution in [2.75, 3.05) is 6.61 Å². The van der Waals surface area contributed by atoms with E-state index in [2.05, 4.69) is 38.7 Å². The van der Waals surface area contributed by atoms with Crippen LogP contribution in [0, 0.1) is 40.4 Å². The molecule has 2 saturated carbocycles. The number of rotatable bonds is 1. The largest absolute Gasteiger partial charge is 0.458 e. The van der Waals surface area contributed by atoms with E-state index >= 15 is 0 Å². The Morgan fingerprint density at radius 1 is 1.03 bits per heavy atom. The van der Waals surface area contributed by atoms with Gasteiger partial charge >= 0.3 is 5.97 Å². The number of esters is 1. The van der Waals surface area contributed by atoms with Gasteiger partial charge in [0.2, 0.25) is 0 Å². The van der Waals surface area contributed by atoms with Crippen molar-refractivity contribution in [2.45, 2.75) is 64.6 Å². The van der Waals surface area contributed by atoms with Crippen molar-refractivity contribution in [1.29, 1.82) is 0 Å². The highest BCUT2D eigenvalue weighted by Gasteiger charge is 2.62. The zero-order valence-corrected chi connectivity index (χ0v) is 19.4. The van der Waals surface area contributed by atoms with E-state index in [1.165, 1.54) is 12.0 Å². The highest BCUT2D eigenvalue weighted by atomic mass is 16.6. The predicted molar refractivity (Wildman–Crippen MR) is 121 cm³/mol. The Kier molecular flexibility index (Phi) is 4.23. The molecule has 4 nitrogen and oxygen atoms in total. The lowest BCUT2D eigenvalue weighted by atomic mass is 9.48. The van der Waals surface area contributed by atoms with Crippen LogP contribution in [0.25, 0.3) is 0 Å². The van der Waals surface area contributed by atoms with E-state index in [4.69, 9.17) is 9.47 Å². The minimum Gasteiger partial charge on any atom is -0.458 e. The number of carbonyl (C=O) groups excluding carboxylic acids is 2. The summed E-state index contributed by atoms with van der Waals surface area (Å²) in [5.41, 5.74) is 0.852. The van der Waals surface area contributed by atoms with Gasteiger partial charge in [-0.2, -0.15) is 0 Å². The summed E-state index contributed by atoms with van der Waals surface area (Å²) < 4.78 is 12.2. The van der Waals surface area contributed by atoms with Gasteiger partial charge in [0.1, 0.15) is 11.7 Å². The molecule has 4 aliphatic carbocycles. The molecule has 2 heterocycles. The van der Waals surface area contributed by atoms with Gasteiger partial charge in [-0.25, -0.2) is 4.79 Å². The van der Waals surface area contributed by atoms with Crippen LogP contribution in [0.3, 0.4) is 0 Å². The lowest BCUT2D eigenvalue weighted by molar-refractivity contribution is -0.200. The molecule has 0 aromatic heterocycles. The molecule has 170 valence electrons. The Labute approximate surface area is 190 Å². The molecule has 2 bridgehead atoms. The number of ketones is 1. The fourth-order valence-electron chi connectivity index (χ4n) is 8.57. The Morgan fingerprint density at radius 2 is 1.81 bits per heavy atom. The van der Waals surface area contributed by atoms with Gasteiger partial charge in [-0.3, -0.25) is 4.79 Å². The zero-order valence-electron chi connectivity index (χ0n) is 19.4. The van der Waals surface area contributed by atoms with Crippen LogP contribution in [-0.2, 0) is 19.1 Å². The molecule has 6 aliphatic rings. The molecule has 6 rings (SSSR count).